The molecule has 41 heavy (non-hydrogen) atoms. The van der Waals surface area contributed by atoms with Gasteiger partial charge in [0.25, 0.3) is 15.9 Å². The molecule has 0 aliphatic rings. The first-order valence-electron chi connectivity index (χ1n) is 13.3. The summed E-state index contributed by atoms with van der Waals surface area (Å²) in [6.07, 6.45) is 0. The van der Waals surface area contributed by atoms with Crippen LogP contribution in [0.5, 0.6) is 11.5 Å². The minimum atomic E-state index is -4.12. The molecule has 0 heterocycles. The van der Waals surface area contributed by atoms with Crippen LogP contribution in [0.15, 0.2) is 108 Å². The number of anilines is 2. The maximum absolute atomic E-state index is 13.8. The van der Waals surface area contributed by atoms with E-state index in [1.54, 1.807) is 65.6 Å². The molecule has 1 N–H and O–H groups in total. The second-order valence-corrected chi connectivity index (χ2v) is 11.2. The highest BCUT2D eigenvalue weighted by Gasteiger charge is 2.28. The quantitative estimate of drug-likeness (QED) is 0.235. The molecule has 4 aromatic carbocycles. The number of para-hydroxylation sites is 2. The van der Waals surface area contributed by atoms with Crippen LogP contribution in [0, 0.1) is 6.92 Å². The molecule has 0 fully saturated rings. The van der Waals surface area contributed by atoms with Crippen molar-refractivity contribution < 1.29 is 22.7 Å². The fourth-order valence-electron chi connectivity index (χ4n) is 4.24. The van der Waals surface area contributed by atoms with Gasteiger partial charge < -0.3 is 15.0 Å². The van der Waals surface area contributed by atoms with Gasteiger partial charge in [-0.3, -0.25) is 13.9 Å². The van der Waals surface area contributed by atoms with Crippen molar-refractivity contribution in [1.29, 1.82) is 0 Å². The summed E-state index contributed by atoms with van der Waals surface area (Å²) in [5.74, 6) is 0.344. The zero-order valence-electron chi connectivity index (χ0n) is 23.3. The SMILES string of the molecule is CCN(CC)C(=O)c1ccccc1NC(=O)CN(c1ccc(Oc2ccccc2)cc1)S(=O)(=O)c1ccc(C)cc1. The monoisotopic (exact) mass is 571 g/mol. The average Bonchev–Trinajstić information content (AvgIpc) is 2.98. The first kappa shape index (κ1) is 29.4. The number of hydrogen-bond acceptors (Lipinski definition) is 5. The molecule has 2 amide bonds. The fraction of sp³-hybridized carbons (Fsp3) is 0.188. The van der Waals surface area contributed by atoms with Crippen LogP contribution in [0.25, 0.3) is 0 Å². The lowest BCUT2D eigenvalue weighted by atomic mass is 10.1. The lowest BCUT2D eigenvalue weighted by Crippen LogP contribution is -2.38. The molecule has 0 saturated carbocycles. The first-order chi connectivity index (χ1) is 19.7. The van der Waals surface area contributed by atoms with Crippen molar-refractivity contribution in [2.24, 2.45) is 0 Å². The minimum Gasteiger partial charge on any atom is -0.457 e. The maximum Gasteiger partial charge on any atom is 0.264 e. The number of aryl methyl sites for hydroxylation is 1. The van der Waals surface area contributed by atoms with Crippen LogP contribution in [0.2, 0.25) is 0 Å². The topological polar surface area (TPSA) is 96.0 Å². The Balaban J connectivity index is 1.63. The number of nitrogens with zero attached hydrogens (tertiary/aromatic N) is 2. The molecular weight excluding hydrogens is 538 g/mol. The summed E-state index contributed by atoms with van der Waals surface area (Å²) < 4.78 is 34.5. The smallest absolute Gasteiger partial charge is 0.264 e. The summed E-state index contributed by atoms with van der Waals surface area (Å²) in [6, 6.07) is 28.8. The van der Waals surface area contributed by atoms with Gasteiger partial charge in [0.1, 0.15) is 18.0 Å². The number of carbonyl (C=O) groups is 2. The van der Waals surface area contributed by atoms with E-state index in [0.29, 0.717) is 35.8 Å². The number of rotatable bonds is 11. The Bertz CT molecular complexity index is 1580. The summed E-state index contributed by atoms with van der Waals surface area (Å²) in [7, 11) is -4.12. The summed E-state index contributed by atoms with van der Waals surface area (Å²) in [4.78, 5) is 28.1. The molecule has 4 rings (SSSR count). The summed E-state index contributed by atoms with van der Waals surface area (Å²) >= 11 is 0. The molecule has 0 unspecified atom stereocenters. The van der Waals surface area contributed by atoms with Crippen LogP contribution in [-0.2, 0) is 14.8 Å². The van der Waals surface area contributed by atoms with Crippen LogP contribution >= 0.6 is 0 Å². The van der Waals surface area contributed by atoms with Crippen molar-refractivity contribution in [1.82, 2.24) is 4.90 Å². The Hall–Kier alpha value is -4.63. The molecule has 0 radical (unpaired) electrons. The molecule has 0 bridgehead atoms. The maximum atomic E-state index is 13.8. The highest BCUT2D eigenvalue weighted by molar-refractivity contribution is 7.92. The predicted octanol–water partition coefficient (Wildman–Crippen LogP) is 6.10. The van der Waals surface area contributed by atoms with Crippen LogP contribution in [0.1, 0.15) is 29.8 Å². The Morgan fingerprint density at radius 2 is 1.34 bits per heavy atom. The highest BCUT2D eigenvalue weighted by atomic mass is 32.2. The molecule has 4 aromatic rings. The highest BCUT2D eigenvalue weighted by Crippen LogP contribution is 2.28. The fourth-order valence-corrected chi connectivity index (χ4v) is 5.66. The Labute approximate surface area is 241 Å². The van der Waals surface area contributed by atoms with Gasteiger partial charge in [-0.2, -0.15) is 0 Å². The number of ether oxygens (including phenoxy) is 1. The Morgan fingerprint density at radius 3 is 1.98 bits per heavy atom. The number of nitrogens with one attached hydrogen (secondary N) is 1. The van der Waals surface area contributed by atoms with Gasteiger partial charge >= 0.3 is 0 Å². The van der Waals surface area contributed by atoms with Crippen LogP contribution in [0.3, 0.4) is 0 Å². The van der Waals surface area contributed by atoms with Gasteiger partial charge in [-0.05, 0) is 81.4 Å². The lowest BCUT2D eigenvalue weighted by molar-refractivity contribution is -0.114. The molecule has 0 aliphatic carbocycles. The molecule has 0 spiro atoms. The second kappa shape index (κ2) is 13.1. The summed E-state index contributed by atoms with van der Waals surface area (Å²) in [5, 5.41) is 2.75. The lowest BCUT2D eigenvalue weighted by Gasteiger charge is -2.25. The van der Waals surface area contributed by atoms with Gasteiger partial charge in [-0.1, -0.05) is 48.0 Å². The predicted molar refractivity (Wildman–Crippen MR) is 161 cm³/mol. The number of benzene rings is 4. The molecule has 0 aromatic heterocycles. The molecular formula is C32H33N3O5S. The van der Waals surface area contributed by atoms with E-state index in [0.717, 1.165) is 9.87 Å². The largest absolute Gasteiger partial charge is 0.457 e. The van der Waals surface area contributed by atoms with Crippen molar-refractivity contribution in [2.45, 2.75) is 25.7 Å². The Kier molecular flexibility index (Phi) is 9.41. The summed E-state index contributed by atoms with van der Waals surface area (Å²) in [5.41, 5.74) is 1.84. The van der Waals surface area contributed by atoms with E-state index in [4.69, 9.17) is 4.74 Å². The van der Waals surface area contributed by atoms with Crippen LogP contribution < -0.4 is 14.4 Å². The normalized spacial score (nSPS) is 11.0. The van der Waals surface area contributed by atoms with Crippen molar-refractivity contribution in [2.75, 3.05) is 29.3 Å². The van der Waals surface area contributed by atoms with Crippen molar-refractivity contribution in [3.8, 4) is 11.5 Å². The van der Waals surface area contributed by atoms with Gasteiger partial charge in [0.05, 0.1) is 21.8 Å². The zero-order valence-corrected chi connectivity index (χ0v) is 24.1. The van der Waals surface area contributed by atoms with Crippen molar-refractivity contribution in [3.63, 3.8) is 0 Å². The van der Waals surface area contributed by atoms with Gasteiger partial charge in [0.15, 0.2) is 0 Å². The molecule has 0 aliphatic heterocycles. The zero-order chi connectivity index (χ0) is 29.4. The van der Waals surface area contributed by atoms with Crippen LogP contribution in [0.4, 0.5) is 11.4 Å². The minimum absolute atomic E-state index is 0.0534. The Morgan fingerprint density at radius 1 is 0.756 bits per heavy atom. The van der Waals surface area contributed by atoms with E-state index in [1.165, 1.54) is 12.1 Å². The van der Waals surface area contributed by atoms with Crippen molar-refractivity contribution >= 4 is 33.2 Å². The van der Waals surface area contributed by atoms with E-state index in [2.05, 4.69) is 5.32 Å². The van der Waals surface area contributed by atoms with Crippen LogP contribution in [-0.4, -0.2) is 44.8 Å². The third-order valence-electron chi connectivity index (χ3n) is 6.48. The van der Waals surface area contributed by atoms with Gasteiger partial charge in [0, 0.05) is 13.1 Å². The van der Waals surface area contributed by atoms with E-state index in [-0.39, 0.29) is 16.5 Å². The number of amides is 2. The first-order valence-corrected chi connectivity index (χ1v) is 14.8. The molecule has 9 heteroatoms. The number of hydrogen-bond donors (Lipinski definition) is 1. The second-order valence-electron chi connectivity index (χ2n) is 9.30. The molecule has 8 nitrogen and oxygen atoms in total. The van der Waals surface area contributed by atoms with Gasteiger partial charge in [-0.15, -0.1) is 0 Å². The third-order valence-corrected chi connectivity index (χ3v) is 8.27. The van der Waals surface area contributed by atoms with Gasteiger partial charge in [-0.25, -0.2) is 8.42 Å². The molecule has 0 atom stereocenters. The van der Waals surface area contributed by atoms with E-state index < -0.39 is 22.5 Å². The van der Waals surface area contributed by atoms with E-state index in [9.17, 15) is 18.0 Å². The summed E-state index contributed by atoms with van der Waals surface area (Å²) in [6.45, 7) is 6.15. The van der Waals surface area contributed by atoms with Gasteiger partial charge in [0.2, 0.25) is 5.91 Å². The average molecular weight is 572 g/mol. The van der Waals surface area contributed by atoms with E-state index >= 15 is 0 Å². The molecule has 0 saturated heterocycles. The third kappa shape index (κ3) is 7.12. The van der Waals surface area contributed by atoms with E-state index in [1.807, 2.05) is 51.1 Å². The number of sulfonamides is 1. The number of carbonyl (C=O) groups excluding carboxylic acids is 2. The standard InChI is InChI=1S/C32H33N3O5S/c1-4-34(5-2)32(37)29-13-9-10-14-30(29)33-31(36)23-35(41(38,39)28-21-15-24(3)16-22-28)25-17-19-27(20-18-25)40-26-11-7-6-8-12-26/h6-22H,4-5,23H2,1-3H3,(H,33,36). The van der Waals surface area contributed by atoms with Crippen molar-refractivity contribution in [3.05, 3.63) is 114 Å². The molecule has 212 valence electrons.